The first-order valence-corrected chi connectivity index (χ1v) is 7.28. The smallest absolute Gasteiger partial charge is 0.220 e. The van der Waals surface area contributed by atoms with E-state index in [0.717, 1.165) is 29.9 Å². The minimum absolute atomic E-state index is 0.294. The Kier molecular flexibility index (Phi) is 4.30. The Morgan fingerprint density at radius 3 is 2.41 bits per heavy atom. The fourth-order valence-electron chi connectivity index (χ4n) is 2.29. The van der Waals surface area contributed by atoms with Gasteiger partial charge in [-0.3, -0.25) is 0 Å². The Morgan fingerprint density at radius 2 is 1.68 bits per heavy atom. The van der Waals surface area contributed by atoms with Crippen molar-refractivity contribution in [2.24, 2.45) is 0 Å². The molecule has 0 aliphatic rings. The zero-order valence-electron chi connectivity index (χ0n) is 12.2. The number of hydrogen-bond acceptors (Lipinski definition) is 4. The van der Waals surface area contributed by atoms with Crippen molar-refractivity contribution >= 4 is 11.6 Å². The van der Waals surface area contributed by atoms with Crippen LogP contribution in [0.25, 0.3) is 11.3 Å². The van der Waals surface area contributed by atoms with Crippen LogP contribution >= 0.6 is 0 Å². The first kappa shape index (κ1) is 14.1. The lowest BCUT2D eigenvalue weighted by Gasteiger charge is -2.08. The molecule has 0 amide bonds. The molecule has 0 saturated heterocycles. The van der Waals surface area contributed by atoms with Gasteiger partial charge in [0.2, 0.25) is 5.95 Å². The van der Waals surface area contributed by atoms with Crippen LogP contribution in [0.3, 0.4) is 0 Å². The van der Waals surface area contributed by atoms with Gasteiger partial charge in [-0.25, -0.2) is 9.97 Å². The number of benzene rings is 2. The highest BCUT2D eigenvalue weighted by Crippen LogP contribution is 2.19. The molecule has 2 aromatic carbocycles. The molecule has 4 nitrogen and oxygen atoms in total. The van der Waals surface area contributed by atoms with Gasteiger partial charge in [-0.1, -0.05) is 42.5 Å². The molecule has 3 rings (SSSR count). The first-order valence-electron chi connectivity index (χ1n) is 7.28. The van der Waals surface area contributed by atoms with E-state index in [-0.39, 0.29) is 0 Å². The maximum Gasteiger partial charge on any atom is 0.220 e. The summed E-state index contributed by atoms with van der Waals surface area (Å²) >= 11 is 0. The predicted molar refractivity (Wildman–Crippen MR) is 90.5 cm³/mol. The van der Waals surface area contributed by atoms with Gasteiger partial charge in [0.1, 0.15) is 0 Å². The van der Waals surface area contributed by atoms with E-state index < -0.39 is 0 Å². The van der Waals surface area contributed by atoms with Crippen LogP contribution in [-0.4, -0.2) is 16.5 Å². The number of aromatic nitrogens is 2. The molecule has 0 aliphatic carbocycles. The van der Waals surface area contributed by atoms with E-state index in [9.17, 15) is 0 Å². The molecule has 0 saturated carbocycles. The molecule has 22 heavy (non-hydrogen) atoms. The molecule has 1 aromatic heterocycles. The second kappa shape index (κ2) is 6.72. The lowest BCUT2D eigenvalue weighted by Crippen LogP contribution is -2.04. The molecule has 0 atom stereocenters. The van der Waals surface area contributed by atoms with Crippen LogP contribution in [0.5, 0.6) is 0 Å². The lowest BCUT2D eigenvalue weighted by molar-refractivity contribution is 1.02. The van der Waals surface area contributed by atoms with Crippen LogP contribution in [0.2, 0.25) is 0 Å². The van der Waals surface area contributed by atoms with Gasteiger partial charge >= 0.3 is 0 Å². The summed E-state index contributed by atoms with van der Waals surface area (Å²) in [5.74, 6) is 0.294. The van der Waals surface area contributed by atoms with Crippen LogP contribution < -0.4 is 11.1 Å². The highest BCUT2D eigenvalue weighted by atomic mass is 15.0. The van der Waals surface area contributed by atoms with E-state index in [2.05, 4.69) is 51.7 Å². The van der Waals surface area contributed by atoms with Crippen LogP contribution in [0.4, 0.5) is 11.6 Å². The fourth-order valence-corrected chi connectivity index (χ4v) is 2.29. The van der Waals surface area contributed by atoms with Crippen molar-refractivity contribution in [2.45, 2.75) is 6.42 Å². The van der Waals surface area contributed by atoms with E-state index in [4.69, 9.17) is 5.73 Å². The molecule has 0 bridgehead atoms. The fraction of sp³-hybridized carbons (Fsp3) is 0.111. The molecule has 0 spiro atoms. The summed E-state index contributed by atoms with van der Waals surface area (Å²) in [5.41, 5.74) is 9.91. The number of rotatable bonds is 5. The molecule has 0 radical (unpaired) electrons. The summed E-state index contributed by atoms with van der Waals surface area (Å²) in [7, 11) is 0. The van der Waals surface area contributed by atoms with Crippen molar-refractivity contribution in [2.75, 3.05) is 17.6 Å². The lowest BCUT2D eigenvalue weighted by atomic mass is 10.1. The minimum Gasteiger partial charge on any atom is -0.385 e. The summed E-state index contributed by atoms with van der Waals surface area (Å²) in [6.07, 6.45) is 2.68. The summed E-state index contributed by atoms with van der Waals surface area (Å²) in [5, 5.41) is 3.43. The Bertz CT molecular complexity index is 724. The van der Waals surface area contributed by atoms with Gasteiger partial charge in [-0.15, -0.1) is 0 Å². The average Bonchev–Trinajstić information content (AvgIpc) is 2.56. The van der Waals surface area contributed by atoms with Gasteiger partial charge < -0.3 is 11.1 Å². The number of hydrogen-bond donors (Lipinski definition) is 2. The molecule has 0 unspecified atom stereocenters. The first-order chi connectivity index (χ1) is 10.8. The molecule has 4 heteroatoms. The number of nitrogens with two attached hydrogens (primary N) is 1. The van der Waals surface area contributed by atoms with Crippen LogP contribution in [0.15, 0.2) is 66.9 Å². The quantitative estimate of drug-likeness (QED) is 0.756. The monoisotopic (exact) mass is 290 g/mol. The third-order valence-electron chi connectivity index (χ3n) is 3.44. The van der Waals surface area contributed by atoms with E-state index >= 15 is 0 Å². The summed E-state index contributed by atoms with van der Waals surface area (Å²) in [6.45, 7) is 0.907. The second-order valence-electron chi connectivity index (χ2n) is 5.04. The van der Waals surface area contributed by atoms with Crippen LogP contribution in [0.1, 0.15) is 5.56 Å². The van der Waals surface area contributed by atoms with Crippen molar-refractivity contribution in [3.63, 3.8) is 0 Å². The van der Waals surface area contributed by atoms with Gasteiger partial charge in [-0.05, 0) is 30.2 Å². The third kappa shape index (κ3) is 3.61. The Labute approximate surface area is 130 Å². The molecular weight excluding hydrogens is 272 g/mol. The summed E-state index contributed by atoms with van der Waals surface area (Å²) in [4.78, 5) is 8.13. The summed E-state index contributed by atoms with van der Waals surface area (Å²) < 4.78 is 0. The molecule has 3 aromatic rings. The van der Waals surface area contributed by atoms with Gasteiger partial charge in [-0.2, -0.15) is 0 Å². The van der Waals surface area contributed by atoms with Crippen molar-refractivity contribution in [1.82, 2.24) is 9.97 Å². The largest absolute Gasteiger partial charge is 0.385 e. The van der Waals surface area contributed by atoms with Gasteiger partial charge in [0.25, 0.3) is 0 Å². The molecule has 0 fully saturated rings. The normalized spacial score (nSPS) is 10.4. The Balaban J connectivity index is 1.60. The SMILES string of the molecule is Nc1nccc(-c2ccc(NCCc3ccccc3)cc2)n1. The average molecular weight is 290 g/mol. The number of nitrogen functional groups attached to an aromatic ring is 1. The van der Waals surface area contributed by atoms with E-state index in [1.807, 2.05) is 24.3 Å². The van der Waals surface area contributed by atoms with E-state index in [1.165, 1.54) is 5.56 Å². The zero-order chi connectivity index (χ0) is 15.2. The molecule has 1 heterocycles. The minimum atomic E-state index is 0.294. The van der Waals surface area contributed by atoms with Crippen molar-refractivity contribution in [1.29, 1.82) is 0 Å². The van der Waals surface area contributed by atoms with Crippen molar-refractivity contribution in [3.05, 3.63) is 72.4 Å². The van der Waals surface area contributed by atoms with E-state index in [1.54, 1.807) is 6.20 Å². The molecular formula is C18H18N4. The topological polar surface area (TPSA) is 63.8 Å². The highest BCUT2D eigenvalue weighted by Gasteiger charge is 2.00. The van der Waals surface area contributed by atoms with Gasteiger partial charge in [0.15, 0.2) is 0 Å². The van der Waals surface area contributed by atoms with Gasteiger partial charge in [0.05, 0.1) is 5.69 Å². The predicted octanol–water partition coefficient (Wildman–Crippen LogP) is 3.38. The Hall–Kier alpha value is -2.88. The van der Waals surface area contributed by atoms with Crippen molar-refractivity contribution in [3.8, 4) is 11.3 Å². The molecule has 110 valence electrons. The van der Waals surface area contributed by atoms with Crippen LogP contribution in [-0.2, 0) is 6.42 Å². The highest BCUT2D eigenvalue weighted by molar-refractivity contribution is 5.63. The number of nitrogens with one attached hydrogen (secondary N) is 1. The Morgan fingerprint density at radius 1 is 0.909 bits per heavy atom. The summed E-state index contributed by atoms with van der Waals surface area (Å²) in [6, 6.07) is 20.5. The van der Waals surface area contributed by atoms with E-state index in [0.29, 0.717) is 5.95 Å². The molecule has 0 aliphatic heterocycles. The third-order valence-corrected chi connectivity index (χ3v) is 3.44. The second-order valence-corrected chi connectivity index (χ2v) is 5.04. The number of anilines is 2. The molecule has 3 N–H and O–H groups in total. The van der Waals surface area contributed by atoms with Crippen LogP contribution in [0, 0.1) is 0 Å². The van der Waals surface area contributed by atoms with Crippen molar-refractivity contribution < 1.29 is 0 Å². The number of nitrogens with zero attached hydrogens (tertiary/aromatic N) is 2. The standard InChI is InChI=1S/C18H18N4/c19-18-21-13-11-17(22-18)15-6-8-16(9-7-15)20-12-10-14-4-2-1-3-5-14/h1-9,11,13,20H,10,12H2,(H2,19,21,22). The van der Waals surface area contributed by atoms with Gasteiger partial charge in [0, 0.05) is 24.0 Å². The maximum absolute atomic E-state index is 5.61. The maximum atomic E-state index is 5.61. The zero-order valence-corrected chi connectivity index (χ0v) is 12.2.